The average molecular weight is 269 g/mol. The number of ether oxygens (including phenoxy) is 1. The Morgan fingerprint density at radius 2 is 2.28 bits per heavy atom. The van der Waals surface area contributed by atoms with Gasteiger partial charge in [0, 0.05) is 23.7 Å². The molecule has 0 bridgehead atoms. The summed E-state index contributed by atoms with van der Waals surface area (Å²) < 4.78 is 5.45. The zero-order chi connectivity index (χ0) is 13.0. The largest absolute Gasteiger partial charge is 0.483 e. The summed E-state index contributed by atoms with van der Waals surface area (Å²) in [6.45, 7) is 1.04. The number of halogens is 1. The van der Waals surface area contributed by atoms with E-state index in [2.05, 4.69) is 5.32 Å². The van der Waals surface area contributed by atoms with Crippen LogP contribution in [0.2, 0.25) is 5.02 Å². The predicted molar refractivity (Wildman–Crippen MR) is 70.6 cm³/mol. The molecule has 4 nitrogen and oxygen atoms in total. The van der Waals surface area contributed by atoms with Crippen molar-refractivity contribution < 1.29 is 9.53 Å². The number of carbonyl (C=O) groups excluding carboxylic acids is 1. The highest BCUT2D eigenvalue weighted by molar-refractivity contribution is 6.31. The van der Waals surface area contributed by atoms with Crippen LogP contribution in [-0.2, 0) is 11.3 Å². The van der Waals surface area contributed by atoms with Crippen molar-refractivity contribution in [3.8, 4) is 5.75 Å². The standard InChI is InChI=1S/C13H17ClN2O2/c14-11-2-1-3-12(10(11)6-15)18-8-13(17)16-7-9-4-5-9/h1-3,9H,4-8,15H2,(H,16,17). The molecule has 3 N–H and O–H groups in total. The summed E-state index contributed by atoms with van der Waals surface area (Å²) in [6, 6.07) is 5.30. The van der Waals surface area contributed by atoms with Crippen LogP contribution in [0.3, 0.4) is 0 Å². The van der Waals surface area contributed by atoms with E-state index in [9.17, 15) is 4.79 Å². The van der Waals surface area contributed by atoms with Crippen LogP contribution in [-0.4, -0.2) is 19.1 Å². The Hall–Kier alpha value is -1.26. The highest BCUT2D eigenvalue weighted by Gasteiger charge is 2.21. The molecule has 0 aromatic heterocycles. The van der Waals surface area contributed by atoms with Crippen molar-refractivity contribution in [1.29, 1.82) is 0 Å². The number of rotatable bonds is 6. The minimum atomic E-state index is -0.107. The van der Waals surface area contributed by atoms with E-state index in [0.29, 0.717) is 23.2 Å². The van der Waals surface area contributed by atoms with Crippen LogP contribution >= 0.6 is 11.6 Å². The average Bonchev–Trinajstić information content (AvgIpc) is 3.18. The minimum Gasteiger partial charge on any atom is -0.483 e. The molecule has 0 spiro atoms. The normalized spacial score (nSPS) is 14.3. The van der Waals surface area contributed by atoms with Gasteiger partial charge in [-0.05, 0) is 30.9 Å². The quantitative estimate of drug-likeness (QED) is 0.825. The van der Waals surface area contributed by atoms with Gasteiger partial charge in [-0.1, -0.05) is 17.7 Å². The van der Waals surface area contributed by atoms with Gasteiger partial charge >= 0.3 is 0 Å². The van der Waals surface area contributed by atoms with Gasteiger partial charge in [-0.2, -0.15) is 0 Å². The molecule has 1 aliphatic rings. The highest BCUT2D eigenvalue weighted by atomic mass is 35.5. The molecular formula is C13H17ClN2O2. The van der Waals surface area contributed by atoms with Gasteiger partial charge in [0.2, 0.25) is 0 Å². The summed E-state index contributed by atoms with van der Waals surface area (Å²) in [7, 11) is 0. The second-order valence-corrected chi connectivity index (χ2v) is 4.86. The van der Waals surface area contributed by atoms with Gasteiger partial charge in [-0.25, -0.2) is 0 Å². The van der Waals surface area contributed by atoms with Gasteiger partial charge in [0.1, 0.15) is 5.75 Å². The van der Waals surface area contributed by atoms with Crippen LogP contribution in [0, 0.1) is 5.92 Å². The smallest absolute Gasteiger partial charge is 0.257 e. The SMILES string of the molecule is NCc1c(Cl)cccc1OCC(=O)NCC1CC1. The number of benzene rings is 1. The van der Waals surface area contributed by atoms with Crippen LogP contribution in [0.5, 0.6) is 5.75 Å². The first-order valence-corrected chi connectivity index (χ1v) is 6.45. The fourth-order valence-corrected chi connectivity index (χ4v) is 1.89. The number of amides is 1. The second-order valence-electron chi connectivity index (χ2n) is 4.46. The molecule has 0 heterocycles. The third-order valence-corrected chi connectivity index (χ3v) is 3.28. The highest BCUT2D eigenvalue weighted by Crippen LogP contribution is 2.27. The van der Waals surface area contributed by atoms with Crippen LogP contribution in [0.15, 0.2) is 18.2 Å². The summed E-state index contributed by atoms with van der Waals surface area (Å²) in [5.41, 5.74) is 6.33. The first-order chi connectivity index (χ1) is 8.70. The van der Waals surface area contributed by atoms with Gasteiger partial charge < -0.3 is 15.8 Å². The van der Waals surface area contributed by atoms with Crippen LogP contribution in [0.1, 0.15) is 18.4 Å². The Bertz CT molecular complexity index is 433. The zero-order valence-electron chi connectivity index (χ0n) is 10.1. The van der Waals surface area contributed by atoms with Gasteiger partial charge in [0.15, 0.2) is 6.61 Å². The second kappa shape index (κ2) is 6.07. The van der Waals surface area contributed by atoms with E-state index in [1.165, 1.54) is 12.8 Å². The van der Waals surface area contributed by atoms with Crippen molar-refractivity contribution in [3.63, 3.8) is 0 Å². The lowest BCUT2D eigenvalue weighted by Crippen LogP contribution is -2.30. The van der Waals surface area contributed by atoms with Crippen molar-refractivity contribution in [2.45, 2.75) is 19.4 Å². The first kappa shape index (κ1) is 13.2. The fraction of sp³-hybridized carbons (Fsp3) is 0.462. The lowest BCUT2D eigenvalue weighted by atomic mass is 10.2. The fourth-order valence-electron chi connectivity index (χ4n) is 1.65. The summed E-state index contributed by atoms with van der Waals surface area (Å²) in [4.78, 5) is 11.5. The monoisotopic (exact) mass is 268 g/mol. The number of hydrogen-bond donors (Lipinski definition) is 2. The van der Waals surface area contributed by atoms with Crippen LogP contribution < -0.4 is 15.8 Å². The molecule has 1 aromatic carbocycles. The molecule has 1 aromatic rings. The first-order valence-electron chi connectivity index (χ1n) is 6.07. The molecule has 1 amide bonds. The molecule has 98 valence electrons. The molecule has 0 atom stereocenters. The maximum absolute atomic E-state index is 11.5. The number of carbonyl (C=O) groups is 1. The summed E-state index contributed by atoms with van der Waals surface area (Å²) >= 11 is 6.00. The maximum atomic E-state index is 11.5. The van der Waals surface area contributed by atoms with Gasteiger partial charge in [0.25, 0.3) is 5.91 Å². The Kier molecular flexibility index (Phi) is 4.44. The number of nitrogens with two attached hydrogens (primary N) is 1. The number of nitrogens with one attached hydrogen (secondary N) is 1. The van der Waals surface area contributed by atoms with Crippen molar-refractivity contribution in [2.24, 2.45) is 11.7 Å². The number of hydrogen-bond acceptors (Lipinski definition) is 3. The Morgan fingerprint density at radius 1 is 1.50 bits per heavy atom. The summed E-state index contributed by atoms with van der Waals surface area (Å²) in [5, 5.41) is 3.40. The van der Waals surface area contributed by atoms with E-state index in [-0.39, 0.29) is 12.5 Å². The molecule has 1 fully saturated rings. The predicted octanol–water partition coefficient (Wildman–Crippen LogP) is 1.70. The molecule has 5 heteroatoms. The zero-order valence-corrected chi connectivity index (χ0v) is 10.9. The molecule has 1 aliphatic carbocycles. The van der Waals surface area contributed by atoms with E-state index < -0.39 is 0 Å². The minimum absolute atomic E-state index is 0.0000617. The van der Waals surface area contributed by atoms with Crippen LogP contribution in [0.4, 0.5) is 0 Å². The third kappa shape index (κ3) is 3.62. The van der Waals surface area contributed by atoms with Crippen molar-refractivity contribution in [1.82, 2.24) is 5.32 Å². The summed E-state index contributed by atoms with van der Waals surface area (Å²) in [6.07, 6.45) is 2.43. The van der Waals surface area contributed by atoms with E-state index in [1.807, 2.05) is 0 Å². The van der Waals surface area contributed by atoms with E-state index in [0.717, 1.165) is 12.1 Å². The molecule has 18 heavy (non-hydrogen) atoms. The molecule has 0 saturated heterocycles. The topological polar surface area (TPSA) is 64.3 Å². The Balaban J connectivity index is 1.84. The molecule has 1 saturated carbocycles. The molecule has 0 aliphatic heterocycles. The van der Waals surface area contributed by atoms with Crippen LogP contribution in [0.25, 0.3) is 0 Å². The van der Waals surface area contributed by atoms with E-state index in [4.69, 9.17) is 22.1 Å². The van der Waals surface area contributed by atoms with E-state index in [1.54, 1.807) is 18.2 Å². The Labute approximate surface area is 111 Å². The van der Waals surface area contributed by atoms with Crippen molar-refractivity contribution >= 4 is 17.5 Å². The van der Waals surface area contributed by atoms with Crippen molar-refractivity contribution in [3.05, 3.63) is 28.8 Å². The van der Waals surface area contributed by atoms with Gasteiger partial charge in [-0.15, -0.1) is 0 Å². The van der Waals surface area contributed by atoms with E-state index >= 15 is 0 Å². The molecular weight excluding hydrogens is 252 g/mol. The third-order valence-electron chi connectivity index (χ3n) is 2.92. The van der Waals surface area contributed by atoms with Crippen molar-refractivity contribution in [2.75, 3.05) is 13.2 Å². The van der Waals surface area contributed by atoms with Gasteiger partial charge in [0.05, 0.1) is 0 Å². The molecule has 0 unspecified atom stereocenters. The lowest BCUT2D eigenvalue weighted by molar-refractivity contribution is -0.123. The summed E-state index contributed by atoms with van der Waals surface area (Å²) in [5.74, 6) is 1.14. The lowest BCUT2D eigenvalue weighted by Gasteiger charge is -2.11. The Morgan fingerprint density at radius 3 is 2.94 bits per heavy atom. The molecule has 2 rings (SSSR count). The maximum Gasteiger partial charge on any atom is 0.257 e. The molecule has 0 radical (unpaired) electrons. The van der Waals surface area contributed by atoms with Gasteiger partial charge in [-0.3, -0.25) is 4.79 Å².